The summed E-state index contributed by atoms with van der Waals surface area (Å²) in [5.41, 5.74) is -0.871. The number of thioether (sulfide) groups is 1. The first-order chi connectivity index (χ1) is 9.53. The fraction of sp³-hybridized carbons (Fsp3) is 0.846. The van der Waals surface area contributed by atoms with Gasteiger partial charge in [0.1, 0.15) is 0 Å². The molecular weight excluding hydrogens is 280 g/mol. The average molecular weight is 302 g/mol. The summed E-state index contributed by atoms with van der Waals surface area (Å²) in [4.78, 5) is 25.4. The maximum absolute atomic E-state index is 12.1. The van der Waals surface area contributed by atoms with Crippen molar-refractivity contribution < 1.29 is 19.4 Å². The van der Waals surface area contributed by atoms with Crippen LogP contribution >= 0.6 is 11.8 Å². The van der Waals surface area contributed by atoms with Crippen LogP contribution in [0.2, 0.25) is 0 Å². The highest BCUT2D eigenvalue weighted by Crippen LogP contribution is 2.30. The van der Waals surface area contributed by atoms with Crippen molar-refractivity contribution in [2.24, 2.45) is 5.41 Å². The Balaban J connectivity index is 1.88. The van der Waals surface area contributed by atoms with Gasteiger partial charge in [0, 0.05) is 43.9 Å². The van der Waals surface area contributed by atoms with Gasteiger partial charge in [-0.3, -0.25) is 4.79 Å². The van der Waals surface area contributed by atoms with Crippen molar-refractivity contribution in [3.63, 3.8) is 0 Å². The van der Waals surface area contributed by atoms with Crippen LogP contribution in [0.5, 0.6) is 0 Å². The van der Waals surface area contributed by atoms with Gasteiger partial charge < -0.3 is 20.1 Å². The molecule has 0 spiro atoms. The van der Waals surface area contributed by atoms with E-state index in [0.29, 0.717) is 31.3 Å². The summed E-state index contributed by atoms with van der Waals surface area (Å²) in [6.07, 6.45) is 0.906. The van der Waals surface area contributed by atoms with Gasteiger partial charge in [-0.25, -0.2) is 4.79 Å². The normalized spacial score (nSPS) is 26.1. The number of urea groups is 1. The number of hydrogen-bond donors (Lipinski definition) is 2. The van der Waals surface area contributed by atoms with Crippen LogP contribution in [0, 0.1) is 5.41 Å². The van der Waals surface area contributed by atoms with Crippen LogP contribution in [-0.4, -0.2) is 65.9 Å². The predicted octanol–water partition coefficient (Wildman–Crippen LogP) is 1.01. The van der Waals surface area contributed by atoms with Gasteiger partial charge in [-0.2, -0.15) is 11.8 Å². The molecule has 2 aliphatic heterocycles. The van der Waals surface area contributed by atoms with Crippen LogP contribution in [0.25, 0.3) is 0 Å². The zero-order valence-corrected chi connectivity index (χ0v) is 12.6. The Kier molecular flexibility index (Phi) is 5.15. The van der Waals surface area contributed by atoms with Crippen molar-refractivity contribution in [1.29, 1.82) is 0 Å². The maximum atomic E-state index is 12.1. The second kappa shape index (κ2) is 6.67. The van der Waals surface area contributed by atoms with Gasteiger partial charge in [0.05, 0.1) is 5.41 Å². The fourth-order valence-electron chi connectivity index (χ4n) is 2.59. The Bertz CT molecular complexity index is 371. The summed E-state index contributed by atoms with van der Waals surface area (Å²) >= 11 is 1.86. The van der Waals surface area contributed by atoms with Crippen LogP contribution in [-0.2, 0) is 9.53 Å². The number of nitrogens with zero attached hydrogens (tertiary/aromatic N) is 1. The van der Waals surface area contributed by atoms with E-state index in [0.717, 1.165) is 18.8 Å². The molecule has 20 heavy (non-hydrogen) atoms. The molecule has 0 aromatic rings. The van der Waals surface area contributed by atoms with E-state index in [-0.39, 0.29) is 12.6 Å². The predicted molar refractivity (Wildman–Crippen MR) is 77.0 cm³/mol. The van der Waals surface area contributed by atoms with Gasteiger partial charge in [0.25, 0.3) is 0 Å². The van der Waals surface area contributed by atoms with Crippen LogP contribution in [0.15, 0.2) is 0 Å². The molecule has 2 rings (SSSR count). The van der Waals surface area contributed by atoms with E-state index in [2.05, 4.69) is 12.2 Å². The third-order valence-electron chi connectivity index (χ3n) is 4.01. The Labute approximate surface area is 123 Å². The third kappa shape index (κ3) is 3.58. The molecule has 2 heterocycles. The molecule has 0 radical (unpaired) electrons. The number of hydrogen-bond acceptors (Lipinski definition) is 4. The number of rotatable bonds is 3. The first kappa shape index (κ1) is 15.4. The standard InChI is InChI=1S/C13H22N2O4S/c1-10-8-15(4-7-20-10)12(18)14-9-13(11(16)17)2-5-19-6-3-13/h10H,2-9H2,1H3,(H,14,18)(H,16,17). The minimum Gasteiger partial charge on any atom is -0.481 e. The van der Waals surface area contributed by atoms with Gasteiger partial charge >= 0.3 is 12.0 Å². The van der Waals surface area contributed by atoms with Gasteiger partial charge in [-0.05, 0) is 12.8 Å². The van der Waals surface area contributed by atoms with Crippen molar-refractivity contribution >= 4 is 23.8 Å². The van der Waals surface area contributed by atoms with Gasteiger partial charge in [0.15, 0.2) is 0 Å². The van der Waals surface area contributed by atoms with Crippen molar-refractivity contribution in [2.45, 2.75) is 25.0 Å². The number of carboxylic acid groups (broad SMARTS) is 1. The topological polar surface area (TPSA) is 78.9 Å². The highest BCUT2D eigenvalue weighted by atomic mass is 32.2. The maximum Gasteiger partial charge on any atom is 0.317 e. The highest BCUT2D eigenvalue weighted by molar-refractivity contribution is 7.99. The lowest BCUT2D eigenvalue weighted by molar-refractivity contribution is -0.154. The molecule has 1 atom stereocenters. The first-order valence-corrected chi connectivity index (χ1v) is 8.04. The molecular formula is C13H22N2O4S. The average Bonchev–Trinajstić information content (AvgIpc) is 2.45. The minimum atomic E-state index is -0.871. The molecule has 1 unspecified atom stereocenters. The second-order valence-electron chi connectivity index (χ2n) is 5.48. The summed E-state index contributed by atoms with van der Waals surface area (Å²) in [5, 5.41) is 12.7. The lowest BCUT2D eigenvalue weighted by Crippen LogP contribution is -2.52. The Hall–Kier alpha value is -0.950. The van der Waals surface area contributed by atoms with Crippen LogP contribution in [0.1, 0.15) is 19.8 Å². The van der Waals surface area contributed by atoms with Crippen molar-refractivity contribution in [1.82, 2.24) is 10.2 Å². The van der Waals surface area contributed by atoms with Crippen LogP contribution in [0.3, 0.4) is 0 Å². The summed E-state index contributed by atoms with van der Waals surface area (Å²) in [6, 6.07) is -0.149. The molecule has 0 aromatic heterocycles. The molecule has 2 saturated heterocycles. The Morgan fingerprint density at radius 1 is 1.45 bits per heavy atom. The number of ether oxygens (including phenoxy) is 1. The fourth-order valence-corrected chi connectivity index (χ4v) is 3.60. The smallest absolute Gasteiger partial charge is 0.317 e. The number of amides is 2. The highest BCUT2D eigenvalue weighted by Gasteiger charge is 2.40. The van der Waals surface area contributed by atoms with Gasteiger partial charge in [-0.1, -0.05) is 6.92 Å². The van der Waals surface area contributed by atoms with E-state index in [4.69, 9.17) is 4.74 Å². The zero-order chi connectivity index (χ0) is 14.6. The monoisotopic (exact) mass is 302 g/mol. The Morgan fingerprint density at radius 2 is 2.15 bits per heavy atom. The molecule has 0 saturated carbocycles. The number of carbonyl (C=O) groups is 2. The number of nitrogens with one attached hydrogen (secondary N) is 1. The largest absolute Gasteiger partial charge is 0.481 e. The molecule has 2 fully saturated rings. The molecule has 0 aliphatic carbocycles. The minimum absolute atomic E-state index is 0.149. The number of carboxylic acids is 1. The van der Waals surface area contributed by atoms with Crippen LogP contribution < -0.4 is 5.32 Å². The second-order valence-corrected chi connectivity index (χ2v) is 7.03. The van der Waals surface area contributed by atoms with Gasteiger partial charge in [-0.15, -0.1) is 0 Å². The van der Waals surface area contributed by atoms with E-state index in [9.17, 15) is 14.7 Å². The Morgan fingerprint density at radius 3 is 2.75 bits per heavy atom. The summed E-state index contributed by atoms with van der Waals surface area (Å²) in [5.74, 6) is 0.0932. The molecule has 0 aromatic carbocycles. The number of carbonyl (C=O) groups excluding carboxylic acids is 1. The molecule has 2 aliphatic rings. The molecule has 2 N–H and O–H groups in total. The number of aliphatic carboxylic acids is 1. The summed E-state index contributed by atoms with van der Waals surface area (Å²) in [7, 11) is 0. The van der Waals surface area contributed by atoms with Crippen molar-refractivity contribution in [3.05, 3.63) is 0 Å². The van der Waals surface area contributed by atoms with E-state index < -0.39 is 11.4 Å². The van der Waals surface area contributed by atoms with E-state index in [1.165, 1.54) is 0 Å². The van der Waals surface area contributed by atoms with Gasteiger partial charge in [0.2, 0.25) is 0 Å². The first-order valence-electron chi connectivity index (χ1n) is 6.99. The third-order valence-corrected chi connectivity index (χ3v) is 5.15. The van der Waals surface area contributed by atoms with Crippen molar-refractivity contribution in [2.75, 3.05) is 38.6 Å². The SMILES string of the molecule is CC1CN(C(=O)NCC2(C(=O)O)CCOCC2)CCS1. The molecule has 0 bridgehead atoms. The molecule has 114 valence electrons. The van der Waals surface area contributed by atoms with E-state index in [1.807, 2.05) is 11.8 Å². The van der Waals surface area contributed by atoms with E-state index in [1.54, 1.807) is 4.90 Å². The summed E-state index contributed by atoms with van der Waals surface area (Å²) < 4.78 is 5.22. The zero-order valence-electron chi connectivity index (χ0n) is 11.8. The molecule has 7 heteroatoms. The quantitative estimate of drug-likeness (QED) is 0.813. The van der Waals surface area contributed by atoms with E-state index >= 15 is 0 Å². The van der Waals surface area contributed by atoms with Crippen LogP contribution in [0.4, 0.5) is 4.79 Å². The summed E-state index contributed by atoms with van der Waals surface area (Å²) in [6.45, 7) is 4.62. The lowest BCUT2D eigenvalue weighted by Gasteiger charge is -2.35. The molecule has 2 amide bonds. The van der Waals surface area contributed by atoms with Crippen molar-refractivity contribution in [3.8, 4) is 0 Å². The molecule has 6 nitrogen and oxygen atoms in total. The lowest BCUT2D eigenvalue weighted by atomic mass is 9.80.